The minimum atomic E-state index is -1.12. The van der Waals surface area contributed by atoms with Crippen LogP contribution in [0.15, 0.2) is 0 Å². The van der Waals surface area contributed by atoms with E-state index in [9.17, 15) is 9.59 Å². The molecule has 0 spiro atoms. The molecule has 17 heavy (non-hydrogen) atoms. The fourth-order valence-corrected chi connectivity index (χ4v) is 2.20. The molecule has 0 aromatic rings. The molecule has 1 heterocycles. The van der Waals surface area contributed by atoms with Gasteiger partial charge in [-0.15, -0.1) is 0 Å². The summed E-state index contributed by atoms with van der Waals surface area (Å²) in [5, 5.41) is 20.0. The average molecular weight is 244 g/mol. The number of hydrogen-bond acceptors (Lipinski definition) is 3. The van der Waals surface area contributed by atoms with Gasteiger partial charge in [0.05, 0.1) is 0 Å². The zero-order valence-corrected chi connectivity index (χ0v) is 10.2. The van der Waals surface area contributed by atoms with Crippen LogP contribution in [0.4, 0.5) is 4.79 Å². The largest absolute Gasteiger partial charge is 0.480 e. The van der Waals surface area contributed by atoms with Crippen LogP contribution in [0.5, 0.6) is 0 Å². The number of carboxylic acids is 1. The van der Waals surface area contributed by atoms with Gasteiger partial charge < -0.3 is 20.4 Å². The van der Waals surface area contributed by atoms with Crippen molar-refractivity contribution < 1.29 is 19.8 Å². The molecule has 0 aromatic heterocycles. The molecule has 0 saturated carbocycles. The minimum absolute atomic E-state index is 0.0266. The summed E-state index contributed by atoms with van der Waals surface area (Å²) < 4.78 is 0. The Morgan fingerprint density at radius 3 is 2.53 bits per heavy atom. The predicted octanol–water partition coefficient (Wildman–Crippen LogP) is 0.262. The van der Waals surface area contributed by atoms with Gasteiger partial charge in [0.2, 0.25) is 0 Å². The molecule has 6 nitrogen and oxygen atoms in total. The van der Waals surface area contributed by atoms with Crippen molar-refractivity contribution in [2.75, 3.05) is 13.2 Å². The van der Waals surface area contributed by atoms with E-state index in [-0.39, 0.29) is 25.1 Å². The highest BCUT2D eigenvalue weighted by Crippen LogP contribution is 2.22. The number of carboxylic acid groups (broad SMARTS) is 1. The molecule has 0 bridgehead atoms. The van der Waals surface area contributed by atoms with Crippen LogP contribution in [0.3, 0.4) is 0 Å². The molecular weight excluding hydrogens is 224 g/mol. The molecule has 0 radical (unpaired) electrons. The highest BCUT2D eigenvalue weighted by atomic mass is 16.4. The van der Waals surface area contributed by atoms with Gasteiger partial charge in [0.25, 0.3) is 0 Å². The number of carbonyl (C=O) groups excluding carboxylic acids is 1. The average Bonchev–Trinajstić information content (AvgIpc) is 2.57. The van der Waals surface area contributed by atoms with Crippen molar-refractivity contribution in [3.8, 4) is 0 Å². The lowest BCUT2D eigenvalue weighted by Crippen LogP contribution is -2.49. The van der Waals surface area contributed by atoms with Gasteiger partial charge >= 0.3 is 12.0 Å². The highest BCUT2D eigenvalue weighted by molar-refractivity contribution is 5.82. The van der Waals surface area contributed by atoms with E-state index in [1.54, 1.807) is 4.90 Å². The Morgan fingerprint density at radius 1 is 1.47 bits per heavy atom. The number of amides is 2. The summed E-state index contributed by atoms with van der Waals surface area (Å²) in [4.78, 5) is 24.4. The van der Waals surface area contributed by atoms with Crippen molar-refractivity contribution in [2.45, 2.75) is 38.8 Å². The number of aliphatic hydroxyl groups is 1. The molecule has 1 saturated heterocycles. The van der Waals surface area contributed by atoms with Gasteiger partial charge in [-0.05, 0) is 19.3 Å². The van der Waals surface area contributed by atoms with Crippen molar-refractivity contribution in [3.63, 3.8) is 0 Å². The number of aliphatic carboxylic acids is 1. The van der Waals surface area contributed by atoms with Gasteiger partial charge in [-0.3, -0.25) is 0 Å². The summed E-state index contributed by atoms with van der Waals surface area (Å²) in [6.45, 7) is 4.40. The number of urea groups is 1. The van der Waals surface area contributed by atoms with Crippen LogP contribution in [0.1, 0.15) is 26.7 Å². The number of hydrogen-bond donors (Lipinski definition) is 3. The smallest absolute Gasteiger partial charge is 0.326 e. The first-order valence-corrected chi connectivity index (χ1v) is 5.86. The molecule has 0 aliphatic carbocycles. The number of nitrogens with one attached hydrogen (secondary N) is 1. The monoisotopic (exact) mass is 244 g/mol. The topological polar surface area (TPSA) is 89.9 Å². The van der Waals surface area contributed by atoms with Gasteiger partial charge in [0.15, 0.2) is 0 Å². The summed E-state index contributed by atoms with van der Waals surface area (Å²) >= 11 is 0. The van der Waals surface area contributed by atoms with E-state index < -0.39 is 12.0 Å². The van der Waals surface area contributed by atoms with Crippen LogP contribution >= 0.6 is 0 Å². The Kier molecular flexibility index (Phi) is 4.74. The van der Waals surface area contributed by atoms with E-state index in [4.69, 9.17) is 10.2 Å². The molecule has 3 unspecified atom stereocenters. The van der Waals surface area contributed by atoms with Crippen LogP contribution in [0.2, 0.25) is 0 Å². The van der Waals surface area contributed by atoms with Gasteiger partial charge in [-0.25, -0.2) is 9.59 Å². The molecule has 1 fully saturated rings. The standard InChI is InChI=1S/C11H20N2O4/c1-7-5-8(2)13(6-7)11(17)12-9(3-4-14)10(15)16/h7-9,14H,3-6H2,1-2H3,(H,12,17)(H,15,16). The normalized spacial score (nSPS) is 25.7. The van der Waals surface area contributed by atoms with Crippen LogP contribution < -0.4 is 5.32 Å². The van der Waals surface area contributed by atoms with E-state index in [2.05, 4.69) is 12.2 Å². The molecule has 1 aliphatic rings. The fraction of sp³-hybridized carbons (Fsp3) is 0.818. The summed E-state index contributed by atoms with van der Waals surface area (Å²) in [6.07, 6.45) is 0.962. The first kappa shape index (κ1) is 13.8. The number of carbonyl (C=O) groups is 2. The second-order valence-electron chi connectivity index (χ2n) is 4.69. The minimum Gasteiger partial charge on any atom is -0.480 e. The Morgan fingerprint density at radius 2 is 2.12 bits per heavy atom. The Labute approximate surface area is 101 Å². The van der Waals surface area contributed by atoms with Crippen LogP contribution in [0.25, 0.3) is 0 Å². The molecule has 1 aliphatic heterocycles. The maximum Gasteiger partial charge on any atom is 0.326 e. The van der Waals surface area contributed by atoms with Gasteiger partial charge in [-0.2, -0.15) is 0 Å². The Balaban J connectivity index is 2.55. The van der Waals surface area contributed by atoms with Crippen molar-refractivity contribution >= 4 is 12.0 Å². The molecule has 98 valence electrons. The van der Waals surface area contributed by atoms with Crippen molar-refractivity contribution in [2.24, 2.45) is 5.92 Å². The molecule has 1 rings (SSSR count). The van der Waals surface area contributed by atoms with Crippen molar-refractivity contribution in [3.05, 3.63) is 0 Å². The van der Waals surface area contributed by atoms with E-state index in [1.807, 2.05) is 6.92 Å². The zero-order chi connectivity index (χ0) is 13.0. The van der Waals surface area contributed by atoms with Crippen molar-refractivity contribution in [1.82, 2.24) is 10.2 Å². The lowest BCUT2D eigenvalue weighted by atomic mass is 10.1. The molecule has 3 atom stereocenters. The quantitative estimate of drug-likeness (QED) is 0.661. The second kappa shape index (κ2) is 5.86. The molecule has 6 heteroatoms. The van der Waals surface area contributed by atoms with Crippen molar-refractivity contribution in [1.29, 1.82) is 0 Å². The SMILES string of the molecule is CC1CC(C)N(C(=O)NC(CCO)C(=O)O)C1. The lowest BCUT2D eigenvalue weighted by Gasteiger charge is -2.24. The maximum atomic E-state index is 11.9. The number of aliphatic hydroxyl groups excluding tert-OH is 1. The summed E-state index contributed by atoms with van der Waals surface area (Å²) in [5.41, 5.74) is 0. The maximum absolute atomic E-state index is 11.9. The van der Waals surface area contributed by atoms with E-state index >= 15 is 0 Å². The lowest BCUT2D eigenvalue weighted by molar-refractivity contribution is -0.139. The summed E-state index contributed by atoms with van der Waals surface area (Å²) in [7, 11) is 0. The molecule has 0 aromatic carbocycles. The third kappa shape index (κ3) is 3.59. The van der Waals surface area contributed by atoms with E-state index in [0.717, 1.165) is 6.42 Å². The predicted molar refractivity (Wildman–Crippen MR) is 61.6 cm³/mol. The van der Waals surface area contributed by atoms with Crippen LogP contribution in [-0.2, 0) is 4.79 Å². The fourth-order valence-electron chi connectivity index (χ4n) is 2.20. The third-order valence-electron chi connectivity index (χ3n) is 3.06. The van der Waals surface area contributed by atoms with E-state index in [1.165, 1.54) is 0 Å². The number of rotatable bonds is 4. The van der Waals surface area contributed by atoms with Crippen LogP contribution in [-0.4, -0.2) is 52.3 Å². The first-order chi connectivity index (χ1) is 7.95. The second-order valence-corrected chi connectivity index (χ2v) is 4.69. The summed E-state index contributed by atoms with van der Waals surface area (Å²) in [5.74, 6) is -0.677. The molecular formula is C11H20N2O4. The number of nitrogens with zero attached hydrogens (tertiary/aromatic N) is 1. The van der Waals surface area contributed by atoms with Crippen LogP contribution in [0, 0.1) is 5.92 Å². The Hall–Kier alpha value is -1.30. The summed E-state index contributed by atoms with van der Waals surface area (Å²) in [6, 6.07) is -1.24. The molecule has 3 N–H and O–H groups in total. The number of likely N-dealkylation sites (tertiary alicyclic amines) is 1. The molecule has 2 amide bonds. The van der Waals surface area contributed by atoms with Gasteiger partial charge in [0, 0.05) is 25.6 Å². The third-order valence-corrected chi connectivity index (χ3v) is 3.06. The van der Waals surface area contributed by atoms with Gasteiger partial charge in [-0.1, -0.05) is 6.92 Å². The zero-order valence-electron chi connectivity index (χ0n) is 10.2. The van der Waals surface area contributed by atoms with E-state index in [0.29, 0.717) is 12.5 Å². The Bertz CT molecular complexity index is 295. The highest BCUT2D eigenvalue weighted by Gasteiger charge is 2.31. The first-order valence-electron chi connectivity index (χ1n) is 5.86. The van der Waals surface area contributed by atoms with Gasteiger partial charge in [0.1, 0.15) is 6.04 Å².